The van der Waals surface area contributed by atoms with Crippen LogP contribution in [0.2, 0.25) is 0 Å². The van der Waals surface area contributed by atoms with Gasteiger partial charge in [-0.15, -0.1) is 0 Å². The van der Waals surface area contributed by atoms with Crippen LogP contribution in [0.5, 0.6) is 0 Å². The molecule has 2 aromatic rings. The lowest BCUT2D eigenvalue weighted by atomic mass is 10.1. The van der Waals surface area contributed by atoms with Crippen LogP contribution in [-0.4, -0.2) is 16.0 Å². The number of nitrogens with zero attached hydrogens (tertiary/aromatic N) is 2. The minimum atomic E-state index is -0.388. The number of hydrogen-bond donors (Lipinski definition) is 1. The Kier molecular flexibility index (Phi) is 4.71. The van der Waals surface area contributed by atoms with Gasteiger partial charge in [-0.25, -0.2) is 0 Å². The molecular weight excluding hydrogens is 270 g/mol. The number of rotatable bonds is 6. The SMILES string of the molecule is CCCNc1cc(Cn2ccc(=O)cc2)ccc1[N+](=O)[O-]. The van der Waals surface area contributed by atoms with Crippen LogP contribution < -0.4 is 10.7 Å². The largest absolute Gasteiger partial charge is 0.379 e. The van der Waals surface area contributed by atoms with E-state index in [0.29, 0.717) is 18.8 Å². The summed E-state index contributed by atoms with van der Waals surface area (Å²) in [6.07, 6.45) is 4.28. The Morgan fingerprint density at radius 3 is 2.57 bits per heavy atom. The topological polar surface area (TPSA) is 77.2 Å². The number of aromatic nitrogens is 1. The van der Waals surface area contributed by atoms with Crippen molar-refractivity contribution in [1.29, 1.82) is 0 Å². The Hall–Kier alpha value is -2.63. The molecule has 0 spiro atoms. The van der Waals surface area contributed by atoms with Crippen LogP contribution in [0.4, 0.5) is 11.4 Å². The molecule has 0 aliphatic heterocycles. The summed E-state index contributed by atoms with van der Waals surface area (Å²) in [6.45, 7) is 3.24. The molecule has 0 radical (unpaired) electrons. The highest BCUT2D eigenvalue weighted by atomic mass is 16.6. The summed E-state index contributed by atoms with van der Waals surface area (Å²) in [5.41, 5.74) is 1.50. The number of hydrogen-bond acceptors (Lipinski definition) is 4. The van der Waals surface area contributed by atoms with Crippen LogP contribution in [0.25, 0.3) is 0 Å². The molecule has 0 aliphatic rings. The molecule has 6 heteroatoms. The number of pyridine rings is 1. The van der Waals surface area contributed by atoms with Crippen molar-refractivity contribution in [2.45, 2.75) is 19.9 Å². The average Bonchev–Trinajstić information content (AvgIpc) is 2.47. The van der Waals surface area contributed by atoms with E-state index in [1.807, 2.05) is 11.5 Å². The predicted octanol–water partition coefficient (Wildman–Crippen LogP) is 2.63. The van der Waals surface area contributed by atoms with Gasteiger partial charge in [0.1, 0.15) is 5.69 Å². The van der Waals surface area contributed by atoms with Crippen molar-refractivity contribution in [2.24, 2.45) is 0 Å². The maximum atomic E-state index is 11.1. The average molecular weight is 287 g/mol. The number of nitro benzene ring substituents is 1. The standard InChI is InChI=1S/C15H17N3O3/c1-2-7-16-14-10-12(3-4-15(14)18(20)21)11-17-8-5-13(19)6-9-17/h3-6,8-10,16H,2,7,11H2,1H3. The number of benzene rings is 1. The van der Waals surface area contributed by atoms with Crippen molar-refractivity contribution >= 4 is 11.4 Å². The molecule has 1 heterocycles. The molecule has 110 valence electrons. The molecule has 0 fully saturated rings. The normalized spacial score (nSPS) is 10.3. The first-order valence-corrected chi connectivity index (χ1v) is 6.77. The zero-order valence-corrected chi connectivity index (χ0v) is 11.8. The summed E-state index contributed by atoms with van der Waals surface area (Å²) in [5.74, 6) is 0. The van der Waals surface area contributed by atoms with Gasteiger partial charge in [-0.2, -0.15) is 0 Å². The molecule has 0 saturated heterocycles. The minimum Gasteiger partial charge on any atom is -0.379 e. The van der Waals surface area contributed by atoms with Gasteiger partial charge >= 0.3 is 0 Å². The van der Waals surface area contributed by atoms with Gasteiger partial charge in [0.15, 0.2) is 5.43 Å². The Morgan fingerprint density at radius 1 is 1.24 bits per heavy atom. The fourth-order valence-electron chi connectivity index (χ4n) is 2.00. The van der Waals surface area contributed by atoms with E-state index in [4.69, 9.17) is 0 Å². The van der Waals surface area contributed by atoms with Gasteiger partial charge in [-0.1, -0.05) is 13.0 Å². The van der Waals surface area contributed by atoms with Gasteiger partial charge in [0.25, 0.3) is 5.69 Å². The highest BCUT2D eigenvalue weighted by Crippen LogP contribution is 2.25. The third-order valence-corrected chi connectivity index (χ3v) is 3.05. The summed E-state index contributed by atoms with van der Waals surface area (Å²) in [6, 6.07) is 8.00. The van der Waals surface area contributed by atoms with E-state index in [9.17, 15) is 14.9 Å². The Labute approximate surface area is 122 Å². The first-order valence-electron chi connectivity index (χ1n) is 6.77. The van der Waals surface area contributed by atoms with Crippen molar-refractivity contribution in [2.75, 3.05) is 11.9 Å². The minimum absolute atomic E-state index is 0.0414. The second-order valence-corrected chi connectivity index (χ2v) is 4.74. The molecule has 1 aromatic heterocycles. The van der Waals surface area contributed by atoms with Crippen LogP contribution in [0.3, 0.4) is 0 Å². The molecule has 1 N–H and O–H groups in total. The summed E-state index contributed by atoms with van der Waals surface area (Å²) in [5, 5.41) is 14.1. The fourth-order valence-corrected chi connectivity index (χ4v) is 2.00. The number of nitrogens with one attached hydrogen (secondary N) is 1. The summed E-state index contributed by atoms with van der Waals surface area (Å²) < 4.78 is 1.85. The predicted molar refractivity (Wildman–Crippen MR) is 81.7 cm³/mol. The third kappa shape index (κ3) is 3.92. The maximum Gasteiger partial charge on any atom is 0.292 e. The van der Waals surface area contributed by atoms with Crippen molar-refractivity contribution in [3.05, 3.63) is 68.6 Å². The van der Waals surface area contributed by atoms with Crippen LogP contribution in [0.1, 0.15) is 18.9 Å². The highest BCUT2D eigenvalue weighted by molar-refractivity contribution is 5.62. The fraction of sp³-hybridized carbons (Fsp3) is 0.267. The quantitative estimate of drug-likeness (QED) is 0.654. The zero-order valence-electron chi connectivity index (χ0n) is 11.8. The molecule has 0 amide bonds. The van der Waals surface area contributed by atoms with E-state index in [1.165, 1.54) is 18.2 Å². The lowest BCUT2D eigenvalue weighted by Gasteiger charge is -2.10. The molecule has 0 bridgehead atoms. The van der Waals surface area contributed by atoms with E-state index in [-0.39, 0.29) is 16.0 Å². The Balaban J connectivity index is 2.25. The summed E-state index contributed by atoms with van der Waals surface area (Å²) in [4.78, 5) is 21.7. The molecule has 21 heavy (non-hydrogen) atoms. The molecular formula is C15H17N3O3. The van der Waals surface area contributed by atoms with E-state index >= 15 is 0 Å². The molecule has 0 saturated carbocycles. The van der Waals surface area contributed by atoms with Crippen molar-refractivity contribution < 1.29 is 4.92 Å². The molecule has 0 unspecified atom stereocenters. The second-order valence-electron chi connectivity index (χ2n) is 4.74. The van der Waals surface area contributed by atoms with Gasteiger partial charge in [-0.05, 0) is 18.1 Å². The van der Waals surface area contributed by atoms with E-state index in [0.717, 1.165) is 12.0 Å². The summed E-state index contributed by atoms with van der Waals surface area (Å²) >= 11 is 0. The van der Waals surface area contributed by atoms with Crippen molar-refractivity contribution in [1.82, 2.24) is 4.57 Å². The van der Waals surface area contributed by atoms with Crippen LogP contribution in [-0.2, 0) is 6.54 Å². The van der Waals surface area contributed by atoms with Crippen molar-refractivity contribution in [3.8, 4) is 0 Å². The smallest absolute Gasteiger partial charge is 0.292 e. The second kappa shape index (κ2) is 6.69. The molecule has 1 aromatic carbocycles. The van der Waals surface area contributed by atoms with Gasteiger partial charge in [0.05, 0.1) is 4.92 Å². The first kappa shape index (κ1) is 14.8. The zero-order chi connectivity index (χ0) is 15.2. The first-order chi connectivity index (χ1) is 10.1. The molecule has 0 aliphatic carbocycles. The molecule has 0 atom stereocenters. The van der Waals surface area contributed by atoms with Crippen LogP contribution in [0.15, 0.2) is 47.5 Å². The van der Waals surface area contributed by atoms with Gasteiger partial charge in [-0.3, -0.25) is 14.9 Å². The number of anilines is 1. The van der Waals surface area contributed by atoms with E-state index < -0.39 is 0 Å². The Morgan fingerprint density at radius 2 is 1.95 bits per heavy atom. The van der Waals surface area contributed by atoms with Crippen LogP contribution in [0, 0.1) is 10.1 Å². The summed E-state index contributed by atoms with van der Waals surface area (Å²) in [7, 11) is 0. The number of nitro groups is 1. The van der Waals surface area contributed by atoms with Gasteiger partial charge < -0.3 is 9.88 Å². The monoisotopic (exact) mass is 287 g/mol. The van der Waals surface area contributed by atoms with Gasteiger partial charge in [0.2, 0.25) is 0 Å². The Bertz CT molecular complexity index is 674. The maximum absolute atomic E-state index is 11.1. The molecule has 6 nitrogen and oxygen atoms in total. The highest BCUT2D eigenvalue weighted by Gasteiger charge is 2.13. The van der Waals surface area contributed by atoms with Crippen LogP contribution >= 0.6 is 0 Å². The van der Waals surface area contributed by atoms with E-state index in [1.54, 1.807) is 24.5 Å². The van der Waals surface area contributed by atoms with Crippen molar-refractivity contribution in [3.63, 3.8) is 0 Å². The third-order valence-electron chi connectivity index (χ3n) is 3.05. The van der Waals surface area contributed by atoms with Gasteiger partial charge in [0, 0.05) is 43.7 Å². The van der Waals surface area contributed by atoms with E-state index in [2.05, 4.69) is 5.32 Å². The lowest BCUT2D eigenvalue weighted by Crippen LogP contribution is -2.07. The molecule has 2 rings (SSSR count). The lowest BCUT2D eigenvalue weighted by molar-refractivity contribution is -0.384.